The first-order chi connectivity index (χ1) is 6.34. The minimum absolute atomic E-state index is 0.605. The van der Waals surface area contributed by atoms with Crippen molar-refractivity contribution < 1.29 is 4.74 Å². The lowest BCUT2D eigenvalue weighted by atomic mass is 10.3. The fourth-order valence-electron chi connectivity index (χ4n) is 0.831. The van der Waals surface area contributed by atoms with Crippen molar-refractivity contribution in [1.29, 1.82) is 0 Å². The predicted octanol–water partition coefficient (Wildman–Crippen LogP) is 3.78. The number of hydrogen-bond donors (Lipinski definition) is 0. The first-order valence-electron chi connectivity index (χ1n) is 3.93. The highest BCUT2D eigenvalue weighted by Gasteiger charge is 1.95. The van der Waals surface area contributed by atoms with Crippen molar-refractivity contribution >= 4 is 31.9 Å². The Morgan fingerprint density at radius 1 is 1.23 bits per heavy atom. The molecule has 1 aromatic carbocycles. The van der Waals surface area contributed by atoms with E-state index in [2.05, 4.69) is 31.9 Å². The number of benzene rings is 1. The molecule has 0 saturated carbocycles. The van der Waals surface area contributed by atoms with Crippen LogP contribution in [0.5, 0.6) is 5.75 Å². The average Bonchev–Trinajstić information content (AvgIpc) is 2.15. The molecule has 13 heavy (non-hydrogen) atoms. The maximum atomic E-state index is 5.48. The summed E-state index contributed by atoms with van der Waals surface area (Å²) in [4.78, 5) is 0. The fourth-order valence-corrected chi connectivity index (χ4v) is 1.49. The molecule has 3 heteroatoms. The van der Waals surface area contributed by atoms with Gasteiger partial charge in [0.15, 0.2) is 0 Å². The van der Waals surface area contributed by atoms with E-state index in [1.807, 2.05) is 36.4 Å². The molecule has 70 valence electrons. The zero-order valence-corrected chi connectivity index (χ0v) is 10.2. The van der Waals surface area contributed by atoms with Crippen LogP contribution in [-0.2, 0) is 0 Å². The SMILES string of the molecule is BrC/C=C/COc1ccccc1Br. The minimum Gasteiger partial charge on any atom is -0.488 e. The fraction of sp³-hybridized carbons (Fsp3) is 0.200. The topological polar surface area (TPSA) is 9.23 Å². The van der Waals surface area contributed by atoms with Gasteiger partial charge in [0, 0.05) is 5.33 Å². The van der Waals surface area contributed by atoms with Gasteiger partial charge in [-0.2, -0.15) is 0 Å². The van der Waals surface area contributed by atoms with Crippen LogP contribution in [0.25, 0.3) is 0 Å². The summed E-state index contributed by atoms with van der Waals surface area (Å²) in [6, 6.07) is 7.81. The molecule has 0 amide bonds. The average molecular weight is 306 g/mol. The van der Waals surface area contributed by atoms with Crippen molar-refractivity contribution in [2.75, 3.05) is 11.9 Å². The molecular formula is C10H10Br2O. The molecule has 0 saturated heterocycles. The Labute approximate surface area is 95.1 Å². The van der Waals surface area contributed by atoms with Crippen LogP contribution >= 0.6 is 31.9 Å². The molecule has 0 unspecified atom stereocenters. The van der Waals surface area contributed by atoms with E-state index in [9.17, 15) is 0 Å². The second-order valence-electron chi connectivity index (χ2n) is 2.37. The maximum Gasteiger partial charge on any atom is 0.133 e. The van der Waals surface area contributed by atoms with Gasteiger partial charge in [0.25, 0.3) is 0 Å². The summed E-state index contributed by atoms with van der Waals surface area (Å²) in [5.74, 6) is 0.877. The molecule has 0 heterocycles. The van der Waals surface area contributed by atoms with Crippen LogP contribution in [0.15, 0.2) is 40.9 Å². The number of halogens is 2. The second-order valence-corrected chi connectivity index (χ2v) is 3.87. The first kappa shape index (κ1) is 10.8. The molecule has 1 rings (SSSR count). The van der Waals surface area contributed by atoms with Gasteiger partial charge in [-0.1, -0.05) is 40.2 Å². The van der Waals surface area contributed by atoms with Gasteiger partial charge in [-0.3, -0.25) is 0 Å². The Balaban J connectivity index is 2.45. The summed E-state index contributed by atoms with van der Waals surface area (Å²) >= 11 is 6.71. The van der Waals surface area contributed by atoms with Crippen LogP contribution in [0.1, 0.15) is 0 Å². The van der Waals surface area contributed by atoms with Crippen molar-refractivity contribution in [3.63, 3.8) is 0 Å². The van der Waals surface area contributed by atoms with Crippen molar-refractivity contribution in [2.24, 2.45) is 0 Å². The van der Waals surface area contributed by atoms with Gasteiger partial charge in [-0.15, -0.1) is 0 Å². The lowest BCUT2D eigenvalue weighted by molar-refractivity contribution is 0.360. The van der Waals surface area contributed by atoms with E-state index in [-0.39, 0.29) is 0 Å². The Hall–Kier alpha value is -0.280. The molecule has 0 aliphatic carbocycles. The maximum absolute atomic E-state index is 5.48. The standard InChI is InChI=1S/C10H10Br2O/c11-7-3-4-8-13-10-6-2-1-5-9(10)12/h1-6H,7-8H2/b4-3+. The van der Waals surface area contributed by atoms with Crippen LogP contribution in [0.3, 0.4) is 0 Å². The highest BCUT2D eigenvalue weighted by Crippen LogP contribution is 2.23. The number of alkyl halides is 1. The second kappa shape index (κ2) is 6.22. The summed E-state index contributed by atoms with van der Waals surface area (Å²) < 4.78 is 6.47. The molecule has 0 N–H and O–H groups in total. The number of hydrogen-bond acceptors (Lipinski definition) is 1. The van der Waals surface area contributed by atoms with E-state index in [0.29, 0.717) is 6.61 Å². The summed E-state index contributed by atoms with van der Waals surface area (Å²) in [5.41, 5.74) is 0. The predicted molar refractivity (Wildman–Crippen MR) is 62.6 cm³/mol. The molecule has 1 nitrogen and oxygen atoms in total. The Bertz CT molecular complexity index is 284. The largest absolute Gasteiger partial charge is 0.488 e. The molecule has 1 aromatic rings. The van der Waals surface area contributed by atoms with Crippen molar-refractivity contribution in [2.45, 2.75) is 0 Å². The summed E-state index contributed by atoms with van der Waals surface area (Å²) in [5, 5.41) is 0.867. The van der Waals surface area contributed by atoms with Gasteiger partial charge >= 0.3 is 0 Å². The van der Waals surface area contributed by atoms with Gasteiger partial charge in [-0.05, 0) is 28.1 Å². The highest BCUT2D eigenvalue weighted by molar-refractivity contribution is 9.10. The Morgan fingerprint density at radius 2 is 2.00 bits per heavy atom. The van der Waals surface area contributed by atoms with Crippen LogP contribution in [0.2, 0.25) is 0 Å². The summed E-state index contributed by atoms with van der Waals surface area (Å²) in [6.45, 7) is 0.605. The monoisotopic (exact) mass is 304 g/mol. The summed E-state index contributed by atoms with van der Waals surface area (Å²) in [6.07, 6.45) is 3.99. The molecule has 0 fully saturated rings. The van der Waals surface area contributed by atoms with E-state index in [0.717, 1.165) is 15.6 Å². The molecule has 0 aliphatic heterocycles. The molecular weight excluding hydrogens is 296 g/mol. The number of rotatable bonds is 4. The van der Waals surface area contributed by atoms with Gasteiger partial charge in [0.1, 0.15) is 12.4 Å². The van der Waals surface area contributed by atoms with Crippen molar-refractivity contribution in [1.82, 2.24) is 0 Å². The number of para-hydroxylation sites is 1. The van der Waals surface area contributed by atoms with E-state index in [1.165, 1.54) is 0 Å². The third-order valence-electron chi connectivity index (χ3n) is 1.43. The van der Waals surface area contributed by atoms with Crippen LogP contribution < -0.4 is 4.74 Å². The van der Waals surface area contributed by atoms with E-state index >= 15 is 0 Å². The zero-order chi connectivity index (χ0) is 9.52. The van der Waals surface area contributed by atoms with Gasteiger partial charge in [0.05, 0.1) is 4.47 Å². The normalized spacial score (nSPS) is 10.6. The Kier molecular flexibility index (Phi) is 5.16. The highest BCUT2D eigenvalue weighted by atomic mass is 79.9. The van der Waals surface area contributed by atoms with Crippen LogP contribution in [0.4, 0.5) is 0 Å². The minimum atomic E-state index is 0.605. The number of ether oxygens (including phenoxy) is 1. The van der Waals surface area contributed by atoms with Crippen LogP contribution in [-0.4, -0.2) is 11.9 Å². The molecule has 0 aliphatic rings. The van der Waals surface area contributed by atoms with E-state index in [1.54, 1.807) is 0 Å². The summed E-state index contributed by atoms with van der Waals surface area (Å²) in [7, 11) is 0. The third kappa shape index (κ3) is 3.96. The first-order valence-corrected chi connectivity index (χ1v) is 5.84. The number of allylic oxidation sites excluding steroid dienone is 1. The lowest BCUT2D eigenvalue weighted by Gasteiger charge is -2.04. The van der Waals surface area contributed by atoms with Crippen molar-refractivity contribution in [3.05, 3.63) is 40.9 Å². The van der Waals surface area contributed by atoms with Gasteiger partial charge < -0.3 is 4.74 Å². The Morgan fingerprint density at radius 3 is 2.69 bits per heavy atom. The zero-order valence-electron chi connectivity index (χ0n) is 7.04. The molecule has 0 aromatic heterocycles. The molecule has 0 bridgehead atoms. The lowest BCUT2D eigenvalue weighted by Crippen LogP contribution is -1.93. The van der Waals surface area contributed by atoms with E-state index < -0.39 is 0 Å². The molecule has 0 spiro atoms. The third-order valence-corrected chi connectivity index (χ3v) is 2.46. The smallest absolute Gasteiger partial charge is 0.133 e. The molecule has 0 radical (unpaired) electrons. The molecule has 0 atom stereocenters. The quantitative estimate of drug-likeness (QED) is 0.607. The van der Waals surface area contributed by atoms with Crippen LogP contribution in [0, 0.1) is 0 Å². The van der Waals surface area contributed by atoms with Gasteiger partial charge in [0.2, 0.25) is 0 Å². The van der Waals surface area contributed by atoms with Gasteiger partial charge in [-0.25, -0.2) is 0 Å². The van der Waals surface area contributed by atoms with Crippen molar-refractivity contribution in [3.8, 4) is 5.75 Å². The van der Waals surface area contributed by atoms with E-state index in [4.69, 9.17) is 4.74 Å².